The van der Waals surface area contributed by atoms with Crippen molar-refractivity contribution in [1.29, 1.82) is 0 Å². The van der Waals surface area contributed by atoms with Gasteiger partial charge in [0.25, 0.3) is 0 Å². The normalized spacial score (nSPS) is 18.6. The summed E-state index contributed by atoms with van der Waals surface area (Å²) in [5.41, 5.74) is 3.30. The number of Topliss-reactive ketones (excluding diaryl/α,β-unsaturated/α-hetero) is 1. The van der Waals surface area contributed by atoms with Crippen LogP contribution in [0, 0.1) is 6.92 Å². The molecule has 0 aromatic heterocycles. The van der Waals surface area contributed by atoms with E-state index >= 15 is 0 Å². The van der Waals surface area contributed by atoms with Gasteiger partial charge in [-0.15, -0.1) is 0 Å². The Hall–Kier alpha value is -1.42. The summed E-state index contributed by atoms with van der Waals surface area (Å²) in [7, 11) is 1.02. The van der Waals surface area contributed by atoms with Gasteiger partial charge in [-0.25, -0.2) is 0 Å². The standard InChI is InChI=1S/C16H22BNO2/c1-12-10-13(17-2)5-8-16(12)18-11-14(19)6-7-15-4-3-9-20-15/h5,8,10-11,15,17H,3-4,6-7,9H2,1-2H3/b18-11-. The predicted molar refractivity (Wildman–Crippen MR) is 85.2 cm³/mol. The van der Waals surface area contributed by atoms with Crippen molar-refractivity contribution >= 4 is 30.4 Å². The number of aryl methyl sites for hydroxylation is 1. The molecule has 1 atom stereocenters. The maximum Gasteiger partial charge on any atom is 0.173 e. The maximum atomic E-state index is 11.8. The summed E-state index contributed by atoms with van der Waals surface area (Å²) in [6, 6.07) is 6.18. The molecule has 1 unspecified atom stereocenters. The third-order valence-electron chi connectivity index (χ3n) is 3.75. The van der Waals surface area contributed by atoms with Gasteiger partial charge in [0.2, 0.25) is 0 Å². The van der Waals surface area contributed by atoms with E-state index in [1.165, 1.54) is 11.7 Å². The molecule has 0 N–H and O–H groups in total. The molecule has 1 aliphatic heterocycles. The minimum atomic E-state index is 0.0828. The van der Waals surface area contributed by atoms with Crippen LogP contribution < -0.4 is 5.46 Å². The van der Waals surface area contributed by atoms with Crippen molar-refractivity contribution in [1.82, 2.24) is 0 Å². The lowest BCUT2D eigenvalue weighted by atomic mass is 9.73. The summed E-state index contributed by atoms with van der Waals surface area (Å²) >= 11 is 0. The van der Waals surface area contributed by atoms with Crippen LogP contribution in [0.3, 0.4) is 0 Å². The zero-order valence-corrected chi connectivity index (χ0v) is 12.4. The van der Waals surface area contributed by atoms with E-state index in [0.717, 1.165) is 44.4 Å². The van der Waals surface area contributed by atoms with Crippen molar-refractivity contribution in [3.63, 3.8) is 0 Å². The van der Waals surface area contributed by atoms with Crippen LogP contribution in [0.2, 0.25) is 6.82 Å². The highest BCUT2D eigenvalue weighted by Crippen LogP contribution is 2.18. The number of ether oxygens (including phenoxy) is 1. The van der Waals surface area contributed by atoms with Gasteiger partial charge in [0.05, 0.1) is 18.0 Å². The maximum absolute atomic E-state index is 11.8. The summed E-state index contributed by atoms with van der Waals surface area (Å²) in [6.45, 7) is 5.00. The fourth-order valence-corrected chi connectivity index (χ4v) is 2.46. The highest BCUT2D eigenvalue weighted by atomic mass is 16.5. The number of ketones is 1. The lowest BCUT2D eigenvalue weighted by Gasteiger charge is -2.06. The molecule has 1 aromatic carbocycles. The highest BCUT2D eigenvalue weighted by molar-refractivity contribution is 6.51. The van der Waals surface area contributed by atoms with Gasteiger partial charge in [-0.3, -0.25) is 9.79 Å². The molecule has 20 heavy (non-hydrogen) atoms. The van der Waals surface area contributed by atoms with Gasteiger partial charge in [0, 0.05) is 13.0 Å². The molecule has 0 amide bonds. The van der Waals surface area contributed by atoms with Crippen molar-refractivity contribution in [3.8, 4) is 0 Å². The van der Waals surface area contributed by atoms with Crippen LogP contribution in [0.1, 0.15) is 31.2 Å². The number of hydrogen-bond donors (Lipinski definition) is 0. The van der Waals surface area contributed by atoms with Crippen LogP contribution in [-0.2, 0) is 9.53 Å². The quantitative estimate of drug-likeness (QED) is 0.588. The van der Waals surface area contributed by atoms with Gasteiger partial charge < -0.3 is 4.74 Å². The van der Waals surface area contributed by atoms with Crippen LogP contribution in [0.5, 0.6) is 0 Å². The zero-order chi connectivity index (χ0) is 14.4. The van der Waals surface area contributed by atoms with E-state index in [4.69, 9.17) is 4.74 Å². The van der Waals surface area contributed by atoms with Crippen LogP contribution in [-0.4, -0.2) is 32.0 Å². The van der Waals surface area contributed by atoms with Gasteiger partial charge >= 0.3 is 0 Å². The first-order valence-electron chi connectivity index (χ1n) is 7.47. The second-order valence-corrected chi connectivity index (χ2v) is 5.37. The Morgan fingerprint density at radius 1 is 1.55 bits per heavy atom. The van der Waals surface area contributed by atoms with Gasteiger partial charge in [0.15, 0.2) is 13.1 Å². The fourth-order valence-electron chi connectivity index (χ4n) is 2.46. The number of nitrogens with zero attached hydrogens (tertiary/aromatic N) is 1. The van der Waals surface area contributed by atoms with Crippen molar-refractivity contribution in [2.24, 2.45) is 4.99 Å². The van der Waals surface area contributed by atoms with Crippen LogP contribution in [0.25, 0.3) is 0 Å². The number of carbonyl (C=O) groups excluding carboxylic acids is 1. The topological polar surface area (TPSA) is 38.7 Å². The molecule has 0 spiro atoms. The van der Waals surface area contributed by atoms with E-state index in [9.17, 15) is 4.79 Å². The van der Waals surface area contributed by atoms with Gasteiger partial charge in [-0.2, -0.15) is 0 Å². The smallest absolute Gasteiger partial charge is 0.173 e. The number of hydrogen-bond acceptors (Lipinski definition) is 3. The Morgan fingerprint density at radius 2 is 2.40 bits per heavy atom. The van der Waals surface area contributed by atoms with E-state index < -0.39 is 0 Å². The monoisotopic (exact) mass is 271 g/mol. The van der Waals surface area contributed by atoms with Crippen LogP contribution >= 0.6 is 0 Å². The first-order valence-corrected chi connectivity index (χ1v) is 7.47. The van der Waals surface area contributed by atoms with Crippen molar-refractivity contribution < 1.29 is 9.53 Å². The molecule has 0 bridgehead atoms. The van der Waals surface area contributed by atoms with Gasteiger partial charge in [-0.1, -0.05) is 24.4 Å². The minimum absolute atomic E-state index is 0.0828. The number of carbonyl (C=O) groups is 1. The molecule has 3 nitrogen and oxygen atoms in total. The average molecular weight is 271 g/mol. The molecule has 1 heterocycles. The van der Waals surface area contributed by atoms with Crippen LogP contribution in [0.4, 0.5) is 5.69 Å². The van der Waals surface area contributed by atoms with E-state index in [-0.39, 0.29) is 11.9 Å². The lowest BCUT2D eigenvalue weighted by Crippen LogP contribution is -2.10. The number of benzene rings is 1. The van der Waals surface area contributed by atoms with E-state index in [0.29, 0.717) is 6.42 Å². The zero-order valence-electron chi connectivity index (χ0n) is 12.4. The first kappa shape index (κ1) is 15.0. The fraction of sp³-hybridized carbons (Fsp3) is 0.500. The third-order valence-corrected chi connectivity index (χ3v) is 3.75. The van der Waals surface area contributed by atoms with Crippen molar-refractivity contribution in [2.45, 2.75) is 45.5 Å². The summed E-state index contributed by atoms with van der Waals surface area (Å²) in [6.07, 6.45) is 5.29. The summed E-state index contributed by atoms with van der Waals surface area (Å²) in [4.78, 5) is 16.1. The molecule has 106 valence electrons. The van der Waals surface area contributed by atoms with Crippen molar-refractivity contribution in [2.75, 3.05) is 6.61 Å². The SMILES string of the molecule is CBc1ccc(/N=C\C(=O)CCC2CCCO2)c(C)c1. The summed E-state index contributed by atoms with van der Waals surface area (Å²) in [5.74, 6) is 0.0828. The second kappa shape index (κ2) is 7.39. The molecule has 0 radical (unpaired) electrons. The molecule has 4 heteroatoms. The molecule has 0 saturated carbocycles. The van der Waals surface area contributed by atoms with Gasteiger partial charge in [0.1, 0.15) is 0 Å². The number of aliphatic imine (C=N–C) groups is 1. The molecular weight excluding hydrogens is 249 g/mol. The molecular formula is C16H22BNO2. The van der Waals surface area contributed by atoms with E-state index in [2.05, 4.69) is 23.9 Å². The van der Waals surface area contributed by atoms with Crippen LogP contribution in [0.15, 0.2) is 23.2 Å². The molecule has 1 fully saturated rings. The Kier molecular flexibility index (Phi) is 5.54. The van der Waals surface area contributed by atoms with E-state index in [1.807, 2.05) is 13.0 Å². The summed E-state index contributed by atoms with van der Waals surface area (Å²) < 4.78 is 5.51. The highest BCUT2D eigenvalue weighted by Gasteiger charge is 2.15. The Bertz CT molecular complexity index is 493. The first-order chi connectivity index (χ1) is 9.69. The Morgan fingerprint density at radius 3 is 3.05 bits per heavy atom. The minimum Gasteiger partial charge on any atom is -0.378 e. The van der Waals surface area contributed by atoms with Crippen molar-refractivity contribution in [3.05, 3.63) is 23.8 Å². The predicted octanol–water partition coefficient (Wildman–Crippen LogP) is 2.34. The number of rotatable bonds is 6. The molecule has 0 aliphatic carbocycles. The molecule has 1 aliphatic rings. The molecule has 2 rings (SSSR count). The molecule has 1 aromatic rings. The third kappa shape index (κ3) is 4.31. The van der Waals surface area contributed by atoms with Gasteiger partial charge in [-0.05, 0) is 37.8 Å². The second-order valence-electron chi connectivity index (χ2n) is 5.37. The largest absolute Gasteiger partial charge is 0.378 e. The summed E-state index contributed by atoms with van der Waals surface area (Å²) in [5, 5.41) is 0. The Labute approximate surface area is 121 Å². The lowest BCUT2D eigenvalue weighted by molar-refractivity contribution is -0.113. The Balaban J connectivity index is 1.86. The average Bonchev–Trinajstić information content (AvgIpc) is 2.97. The molecule has 1 saturated heterocycles. The van der Waals surface area contributed by atoms with E-state index in [1.54, 1.807) is 0 Å².